The minimum Gasteiger partial charge on any atom is -0.399 e. The smallest absolute Gasteiger partial charge is 0.319 e. The fourth-order valence-electron chi connectivity index (χ4n) is 2.63. The number of urea groups is 1. The lowest BCUT2D eigenvalue weighted by atomic mass is 9.85. The predicted octanol–water partition coefficient (Wildman–Crippen LogP) is 3.36. The molecule has 1 fully saturated rings. The van der Waals surface area contributed by atoms with Gasteiger partial charge in [-0.25, -0.2) is 4.79 Å². The number of benzene rings is 1. The normalized spacial score (nSPS) is 22.8. The van der Waals surface area contributed by atoms with Crippen molar-refractivity contribution in [3.05, 3.63) is 24.3 Å². The van der Waals surface area contributed by atoms with Crippen LogP contribution in [0.2, 0.25) is 0 Å². The first-order valence-electron chi connectivity index (χ1n) is 7.10. The van der Waals surface area contributed by atoms with E-state index >= 15 is 0 Å². The lowest BCUT2D eigenvalue weighted by molar-refractivity contribution is 0.237. The summed E-state index contributed by atoms with van der Waals surface area (Å²) in [6.07, 6.45) is 5.89. The molecular formula is C15H23N3O. The molecule has 2 amide bonds. The second-order valence-corrected chi connectivity index (χ2v) is 5.35. The molecule has 0 aromatic heterocycles. The third-order valence-corrected chi connectivity index (χ3v) is 3.93. The Labute approximate surface area is 114 Å². The number of hydrogen-bond donors (Lipinski definition) is 3. The summed E-state index contributed by atoms with van der Waals surface area (Å²) in [4.78, 5) is 11.9. The molecule has 1 saturated carbocycles. The van der Waals surface area contributed by atoms with Crippen molar-refractivity contribution in [1.29, 1.82) is 0 Å². The van der Waals surface area contributed by atoms with Gasteiger partial charge in [-0.3, -0.25) is 0 Å². The number of nitrogens with one attached hydrogen (secondary N) is 2. The van der Waals surface area contributed by atoms with E-state index in [0.717, 1.165) is 24.4 Å². The van der Waals surface area contributed by atoms with Gasteiger partial charge in [0.25, 0.3) is 0 Å². The Hall–Kier alpha value is -1.71. The third kappa shape index (κ3) is 4.16. The molecule has 0 atom stereocenters. The number of hydrogen-bond acceptors (Lipinski definition) is 2. The SMILES string of the molecule is CCC1CCC(NC(=O)Nc2ccc(N)cc2)CC1. The summed E-state index contributed by atoms with van der Waals surface area (Å²) in [7, 11) is 0. The number of carbonyl (C=O) groups excluding carboxylic acids is 1. The quantitative estimate of drug-likeness (QED) is 0.730. The Morgan fingerprint density at radius 3 is 2.42 bits per heavy atom. The highest BCUT2D eigenvalue weighted by molar-refractivity contribution is 5.89. The number of nitrogens with two attached hydrogens (primary N) is 1. The first-order valence-corrected chi connectivity index (χ1v) is 7.10. The molecule has 0 aliphatic heterocycles. The van der Waals surface area contributed by atoms with Crippen LogP contribution in [-0.4, -0.2) is 12.1 Å². The highest BCUT2D eigenvalue weighted by Gasteiger charge is 2.21. The van der Waals surface area contributed by atoms with E-state index in [1.165, 1.54) is 19.3 Å². The monoisotopic (exact) mass is 261 g/mol. The van der Waals surface area contributed by atoms with E-state index in [1.54, 1.807) is 12.1 Å². The Bertz CT molecular complexity index is 408. The van der Waals surface area contributed by atoms with Crippen LogP contribution in [-0.2, 0) is 0 Å². The van der Waals surface area contributed by atoms with Crippen molar-refractivity contribution in [2.24, 2.45) is 5.92 Å². The van der Waals surface area contributed by atoms with Gasteiger partial charge in [-0.05, 0) is 55.9 Å². The maximum Gasteiger partial charge on any atom is 0.319 e. The van der Waals surface area contributed by atoms with Crippen LogP contribution in [0.15, 0.2) is 24.3 Å². The van der Waals surface area contributed by atoms with E-state index in [-0.39, 0.29) is 6.03 Å². The molecule has 4 nitrogen and oxygen atoms in total. The van der Waals surface area contributed by atoms with E-state index in [0.29, 0.717) is 11.7 Å². The van der Waals surface area contributed by atoms with Crippen LogP contribution in [0.25, 0.3) is 0 Å². The van der Waals surface area contributed by atoms with Gasteiger partial charge in [-0.1, -0.05) is 13.3 Å². The van der Waals surface area contributed by atoms with Crippen LogP contribution in [0.3, 0.4) is 0 Å². The maximum absolute atomic E-state index is 11.9. The van der Waals surface area contributed by atoms with Gasteiger partial charge in [0.05, 0.1) is 0 Å². The molecule has 1 aromatic carbocycles. The Kier molecular flexibility index (Phi) is 4.66. The zero-order chi connectivity index (χ0) is 13.7. The van der Waals surface area contributed by atoms with Gasteiger partial charge in [-0.2, -0.15) is 0 Å². The molecule has 104 valence electrons. The Morgan fingerprint density at radius 1 is 1.21 bits per heavy atom. The molecule has 1 aliphatic rings. The highest BCUT2D eigenvalue weighted by atomic mass is 16.2. The van der Waals surface area contributed by atoms with Crippen molar-refractivity contribution in [3.8, 4) is 0 Å². The summed E-state index contributed by atoms with van der Waals surface area (Å²) in [6.45, 7) is 2.24. The summed E-state index contributed by atoms with van der Waals surface area (Å²) < 4.78 is 0. The summed E-state index contributed by atoms with van der Waals surface area (Å²) >= 11 is 0. The third-order valence-electron chi connectivity index (χ3n) is 3.93. The average Bonchev–Trinajstić information content (AvgIpc) is 2.42. The first-order chi connectivity index (χ1) is 9.17. The molecule has 0 spiro atoms. The van der Waals surface area contributed by atoms with Gasteiger partial charge in [0, 0.05) is 17.4 Å². The van der Waals surface area contributed by atoms with E-state index < -0.39 is 0 Å². The van der Waals surface area contributed by atoms with Gasteiger partial charge < -0.3 is 16.4 Å². The number of rotatable bonds is 3. The summed E-state index contributed by atoms with van der Waals surface area (Å²) in [6, 6.07) is 7.37. The number of anilines is 2. The molecule has 0 unspecified atom stereocenters. The molecule has 0 bridgehead atoms. The van der Waals surface area contributed by atoms with E-state index in [4.69, 9.17) is 5.73 Å². The van der Waals surface area contributed by atoms with E-state index in [9.17, 15) is 4.79 Å². The molecule has 1 aromatic rings. The van der Waals surface area contributed by atoms with Crippen molar-refractivity contribution in [2.75, 3.05) is 11.1 Å². The second kappa shape index (κ2) is 6.45. The van der Waals surface area contributed by atoms with Gasteiger partial charge in [0.15, 0.2) is 0 Å². The topological polar surface area (TPSA) is 67.2 Å². The number of amides is 2. The predicted molar refractivity (Wildman–Crippen MR) is 79.0 cm³/mol. The lowest BCUT2D eigenvalue weighted by Gasteiger charge is -2.28. The molecule has 0 heterocycles. The minimum absolute atomic E-state index is 0.121. The molecular weight excluding hydrogens is 238 g/mol. The highest BCUT2D eigenvalue weighted by Crippen LogP contribution is 2.26. The van der Waals surface area contributed by atoms with Crippen molar-refractivity contribution in [2.45, 2.75) is 45.1 Å². The summed E-state index contributed by atoms with van der Waals surface area (Å²) in [5.74, 6) is 0.846. The fraction of sp³-hybridized carbons (Fsp3) is 0.533. The van der Waals surface area contributed by atoms with Crippen LogP contribution < -0.4 is 16.4 Å². The van der Waals surface area contributed by atoms with Crippen molar-refractivity contribution in [3.63, 3.8) is 0 Å². The van der Waals surface area contributed by atoms with Gasteiger partial charge in [-0.15, -0.1) is 0 Å². The van der Waals surface area contributed by atoms with Gasteiger partial charge in [0.1, 0.15) is 0 Å². The molecule has 19 heavy (non-hydrogen) atoms. The zero-order valence-electron chi connectivity index (χ0n) is 11.5. The van der Waals surface area contributed by atoms with E-state index in [1.807, 2.05) is 12.1 Å². The molecule has 0 saturated heterocycles. The van der Waals surface area contributed by atoms with Crippen LogP contribution in [0.5, 0.6) is 0 Å². The van der Waals surface area contributed by atoms with Crippen LogP contribution in [0.4, 0.5) is 16.2 Å². The van der Waals surface area contributed by atoms with Gasteiger partial charge in [0.2, 0.25) is 0 Å². The van der Waals surface area contributed by atoms with E-state index in [2.05, 4.69) is 17.6 Å². The van der Waals surface area contributed by atoms with Gasteiger partial charge >= 0.3 is 6.03 Å². The molecule has 1 aliphatic carbocycles. The lowest BCUT2D eigenvalue weighted by Crippen LogP contribution is -2.40. The first kappa shape index (κ1) is 13.7. The summed E-state index contributed by atoms with van der Waals surface area (Å²) in [5, 5.41) is 5.88. The zero-order valence-corrected chi connectivity index (χ0v) is 11.5. The van der Waals surface area contributed by atoms with Crippen molar-refractivity contribution >= 4 is 17.4 Å². The van der Waals surface area contributed by atoms with Crippen LogP contribution >= 0.6 is 0 Å². The standard InChI is InChI=1S/C15H23N3O/c1-2-11-3-7-13(8-4-11)17-15(19)18-14-9-5-12(16)6-10-14/h5-6,9-11,13H,2-4,7-8,16H2,1H3,(H2,17,18,19). The largest absolute Gasteiger partial charge is 0.399 e. The summed E-state index contributed by atoms with van der Waals surface area (Å²) in [5.41, 5.74) is 7.07. The molecule has 2 rings (SSSR count). The van der Waals surface area contributed by atoms with Crippen molar-refractivity contribution in [1.82, 2.24) is 5.32 Å². The maximum atomic E-state index is 11.9. The minimum atomic E-state index is -0.121. The Balaban J connectivity index is 1.77. The van der Waals surface area contributed by atoms with Crippen LogP contribution in [0, 0.1) is 5.92 Å². The fourth-order valence-corrected chi connectivity index (χ4v) is 2.63. The van der Waals surface area contributed by atoms with Crippen molar-refractivity contribution < 1.29 is 4.79 Å². The van der Waals surface area contributed by atoms with Crippen LogP contribution in [0.1, 0.15) is 39.0 Å². The second-order valence-electron chi connectivity index (χ2n) is 5.35. The average molecular weight is 261 g/mol. The molecule has 4 N–H and O–H groups in total. The number of carbonyl (C=O) groups is 1. The molecule has 4 heteroatoms. The molecule has 0 radical (unpaired) electrons. The Morgan fingerprint density at radius 2 is 1.84 bits per heavy atom. The number of nitrogen functional groups attached to an aromatic ring is 1.